The van der Waals surface area contributed by atoms with Crippen LogP contribution in [0.2, 0.25) is 0 Å². The van der Waals surface area contributed by atoms with Gasteiger partial charge in [0.15, 0.2) is 0 Å². The Morgan fingerprint density at radius 2 is 2.00 bits per heavy atom. The molecule has 1 aliphatic rings. The van der Waals surface area contributed by atoms with E-state index in [-0.39, 0.29) is 11.8 Å². The van der Waals surface area contributed by atoms with Gasteiger partial charge in [-0.05, 0) is 18.4 Å². The van der Waals surface area contributed by atoms with Gasteiger partial charge >= 0.3 is 0 Å². The first kappa shape index (κ1) is 14.8. The highest BCUT2D eigenvalue weighted by molar-refractivity contribution is 5.77. The van der Waals surface area contributed by atoms with E-state index in [1.807, 2.05) is 30.3 Å². The zero-order chi connectivity index (χ0) is 14.4. The number of amides is 1. The van der Waals surface area contributed by atoms with Gasteiger partial charge < -0.3 is 10.4 Å². The normalized spacial score (nSPS) is 18.4. The molecule has 1 aromatic carbocycles. The van der Waals surface area contributed by atoms with Gasteiger partial charge in [-0.3, -0.25) is 4.79 Å². The second kappa shape index (κ2) is 6.71. The summed E-state index contributed by atoms with van der Waals surface area (Å²) in [5.74, 6) is -0.00602. The summed E-state index contributed by atoms with van der Waals surface area (Å²) in [6, 6.07) is 9.89. The Bertz CT molecular complexity index is 449. The molecular weight excluding hydrogens is 250 g/mol. The highest BCUT2D eigenvalue weighted by Gasteiger charge is 2.31. The zero-order valence-corrected chi connectivity index (χ0v) is 11.8. The third kappa shape index (κ3) is 3.94. The number of allylic oxidation sites excluding steroid dienone is 1. The molecule has 20 heavy (non-hydrogen) atoms. The topological polar surface area (TPSA) is 49.3 Å². The van der Waals surface area contributed by atoms with E-state index in [0.29, 0.717) is 13.0 Å². The molecule has 1 aromatic rings. The molecular formula is C17H23NO2. The van der Waals surface area contributed by atoms with Crippen LogP contribution in [0.25, 0.3) is 0 Å². The maximum absolute atomic E-state index is 12.0. The van der Waals surface area contributed by atoms with Crippen LogP contribution in [0.5, 0.6) is 0 Å². The van der Waals surface area contributed by atoms with Gasteiger partial charge in [0.25, 0.3) is 0 Å². The van der Waals surface area contributed by atoms with Crippen LogP contribution in [0.1, 0.15) is 43.6 Å². The smallest absolute Gasteiger partial charge is 0.221 e. The molecule has 0 heterocycles. The zero-order valence-electron chi connectivity index (χ0n) is 11.8. The Morgan fingerprint density at radius 1 is 1.35 bits per heavy atom. The minimum Gasteiger partial charge on any atom is -0.388 e. The van der Waals surface area contributed by atoms with E-state index in [1.165, 1.54) is 0 Å². The van der Waals surface area contributed by atoms with Crippen molar-refractivity contribution in [3.05, 3.63) is 48.6 Å². The lowest BCUT2D eigenvalue weighted by Gasteiger charge is -2.23. The lowest BCUT2D eigenvalue weighted by molar-refractivity contribution is -0.122. The van der Waals surface area contributed by atoms with Crippen molar-refractivity contribution in [1.82, 2.24) is 5.32 Å². The minimum atomic E-state index is -0.688. The van der Waals surface area contributed by atoms with Crippen LogP contribution in [0.3, 0.4) is 0 Å². The van der Waals surface area contributed by atoms with Crippen LogP contribution >= 0.6 is 0 Å². The molecule has 2 rings (SSSR count). The van der Waals surface area contributed by atoms with Crippen LogP contribution in [0.4, 0.5) is 0 Å². The SMILES string of the molecule is C=CC(CC(=O)NCC1(O)CCCC1)c1ccccc1. The highest BCUT2D eigenvalue weighted by atomic mass is 16.3. The Morgan fingerprint density at radius 3 is 2.60 bits per heavy atom. The van der Waals surface area contributed by atoms with E-state index in [4.69, 9.17) is 0 Å². The van der Waals surface area contributed by atoms with Gasteiger partial charge in [0.05, 0.1) is 5.60 Å². The van der Waals surface area contributed by atoms with Gasteiger partial charge in [0.1, 0.15) is 0 Å². The van der Waals surface area contributed by atoms with E-state index < -0.39 is 5.60 Å². The summed E-state index contributed by atoms with van der Waals surface area (Å²) in [7, 11) is 0. The van der Waals surface area contributed by atoms with E-state index in [1.54, 1.807) is 6.08 Å². The summed E-state index contributed by atoms with van der Waals surface area (Å²) >= 11 is 0. The molecule has 108 valence electrons. The van der Waals surface area contributed by atoms with Gasteiger partial charge in [-0.25, -0.2) is 0 Å². The Kier molecular flexibility index (Phi) is 4.96. The molecule has 0 saturated heterocycles. The van der Waals surface area contributed by atoms with Crippen molar-refractivity contribution in [1.29, 1.82) is 0 Å². The van der Waals surface area contributed by atoms with Crippen LogP contribution in [-0.2, 0) is 4.79 Å². The van der Waals surface area contributed by atoms with Crippen LogP contribution in [0, 0.1) is 0 Å². The Balaban J connectivity index is 1.85. The lowest BCUT2D eigenvalue weighted by atomic mass is 9.95. The molecule has 0 bridgehead atoms. The number of aliphatic hydroxyl groups is 1. The third-order valence-electron chi connectivity index (χ3n) is 4.07. The molecule has 1 atom stereocenters. The molecule has 3 heteroatoms. The first-order valence-corrected chi connectivity index (χ1v) is 7.29. The van der Waals surface area contributed by atoms with Crippen molar-refractivity contribution in [3.63, 3.8) is 0 Å². The number of hydrogen-bond donors (Lipinski definition) is 2. The first-order valence-electron chi connectivity index (χ1n) is 7.29. The van der Waals surface area contributed by atoms with Crippen LogP contribution < -0.4 is 5.32 Å². The van der Waals surface area contributed by atoms with Crippen molar-refractivity contribution in [2.24, 2.45) is 0 Å². The number of benzene rings is 1. The van der Waals surface area contributed by atoms with Crippen LogP contribution in [0.15, 0.2) is 43.0 Å². The van der Waals surface area contributed by atoms with Gasteiger partial charge in [0.2, 0.25) is 5.91 Å². The summed E-state index contributed by atoms with van der Waals surface area (Å²) in [6.07, 6.45) is 5.85. The molecule has 2 N–H and O–H groups in total. The van der Waals surface area contributed by atoms with Crippen molar-refractivity contribution in [2.45, 2.75) is 43.6 Å². The number of nitrogens with one attached hydrogen (secondary N) is 1. The summed E-state index contributed by atoms with van der Waals surface area (Å²) in [5, 5.41) is 13.1. The fourth-order valence-corrected chi connectivity index (χ4v) is 2.78. The third-order valence-corrected chi connectivity index (χ3v) is 4.07. The molecule has 1 fully saturated rings. The van der Waals surface area contributed by atoms with Crippen LogP contribution in [-0.4, -0.2) is 23.2 Å². The van der Waals surface area contributed by atoms with Crippen molar-refractivity contribution in [3.8, 4) is 0 Å². The summed E-state index contributed by atoms with van der Waals surface area (Å²) in [4.78, 5) is 12.0. The second-order valence-electron chi connectivity index (χ2n) is 5.67. The van der Waals surface area contributed by atoms with E-state index >= 15 is 0 Å². The fourth-order valence-electron chi connectivity index (χ4n) is 2.78. The lowest BCUT2D eigenvalue weighted by Crippen LogP contribution is -2.41. The number of carbonyl (C=O) groups excluding carboxylic acids is 1. The van der Waals surface area contributed by atoms with Gasteiger partial charge in [-0.2, -0.15) is 0 Å². The molecule has 1 saturated carbocycles. The monoisotopic (exact) mass is 273 g/mol. The molecule has 3 nitrogen and oxygen atoms in total. The largest absolute Gasteiger partial charge is 0.388 e. The molecule has 1 unspecified atom stereocenters. The van der Waals surface area contributed by atoms with Gasteiger partial charge in [-0.1, -0.05) is 49.2 Å². The molecule has 0 spiro atoms. The van der Waals surface area contributed by atoms with E-state index in [0.717, 1.165) is 31.2 Å². The maximum Gasteiger partial charge on any atom is 0.221 e. The predicted molar refractivity (Wildman–Crippen MR) is 80.4 cm³/mol. The molecule has 0 aromatic heterocycles. The quantitative estimate of drug-likeness (QED) is 0.783. The van der Waals surface area contributed by atoms with Gasteiger partial charge in [0, 0.05) is 18.9 Å². The Hall–Kier alpha value is -1.61. The summed E-state index contributed by atoms with van der Waals surface area (Å²) < 4.78 is 0. The minimum absolute atomic E-state index is 0.0226. The van der Waals surface area contributed by atoms with Crippen molar-refractivity contribution < 1.29 is 9.90 Å². The molecule has 0 radical (unpaired) electrons. The first-order chi connectivity index (χ1) is 9.63. The average molecular weight is 273 g/mol. The van der Waals surface area contributed by atoms with Crippen molar-refractivity contribution in [2.75, 3.05) is 6.54 Å². The highest BCUT2D eigenvalue weighted by Crippen LogP contribution is 2.28. The number of carbonyl (C=O) groups is 1. The molecule has 0 aliphatic heterocycles. The standard InChI is InChI=1S/C17H23NO2/c1-2-14(15-8-4-3-5-9-15)12-16(19)18-13-17(20)10-6-7-11-17/h2-5,8-9,14,20H,1,6-7,10-13H2,(H,18,19). The van der Waals surface area contributed by atoms with Crippen molar-refractivity contribution >= 4 is 5.91 Å². The second-order valence-corrected chi connectivity index (χ2v) is 5.67. The van der Waals surface area contributed by atoms with Gasteiger partial charge in [-0.15, -0.1) is 6.58 Å². The Labute approximate surface area is 120 Å². The fraction of sp³-hybridized carbons (Fsp3) is 0.471. The average Bonchev–Trinajstić information content (AvgIpc) is 2.91. The van der Waals surface area contributed by atoms with E-state index in [2.05, 4.69) is 11.9 Å². The number of hydrogen-bond acceptors (Lipinski definition) is 2. The van der Waals surface area contributed by atoms with E-state index in [9.17, 15) is 9.90 Å². The summed E-state index contributed by atoms with van der Waals surface area (Å²) in [6.45, 7) is 4.18. The summed E-state index contributed by atoms with van der Waals surface area (Å²) in [5.41, 5.74) is 0.406. The predicted octanol–water partition coefficient (Wildman–Crippen LogP) is 2.77. The number of rotatable bonds is 6. The maximum atomic E-state index is 12.0. The molecule has 1 aliphatic carbocycles. The molecule has 1 amide bonds.